The number of carbonyl (C=O) groups excluding carboxylic acids is 1. The Kier molecular flexibility index (Phi) is 6.63. The summed E-state index contributed by atoms with van der Waals surface area (Å²) in [5.41, 5.74) is 2.64. The molecule has 0 spiro atoms. The number of urea groups is 1. The zero-order valence-corrected chi connectivity index (χ0v) is 14.1. The van der Waals surface area contributed by atoms with E-state index in [0.29, 0.717) is 18.0 Å². The Bertz CT molecular complexity index is 654. The molecule has 0 bridgehead atoms. The van der Waals surface area contributed by atoms with Crippen LogP contribution in [0.2, 0.25) is 0 Å². The standard InChI is InChI=1S/C19H24N2O3/c1-14(2)24-18-6-4-3-5-17(18)21-19(23)20-12-11-15-7-9-16(13-22)10-8-15/h3-10,14,22H,11-13H2,1-2H3,(H2,20,21,23). The zero-order valence-electron chi connectivity index (χ0n) is 14.1. The van der Waals surface area contributed by atoms with Gasteiger partial charge >= 0.3 is 6.03 Å². The van der Waals surface area contributed by atoms with Gasteiger partial charge in [-0.3, -0.25) is 0 Å². The summed E-state index contributed by atoms with van der Waals surface area (Å²) in [6, 6.07) is 14.8. The fourth-order valence-electron chi connectivity index (χ4n) is 2.22. The average Bonchev–Trinajstić information content (AvgIpc) is 2.57. The predicted molar refractivity (Wildman–Crippen MR) is 95.3 cm³/mol. The van der Waals surface area contributed by atoms with Crippen molar-refractivity contribution < 1.29 is 14.6 Å². The second kappa shape index (κ2) is 8.93. The van der Waals surface area contributed by atoms with Crippen molar-refractivity contribution in [2.75, 3.05) is 11.9 Å². The van der Waals surface area contributed by atoms with E-state index in [2.05, 4.69) is 10.6 Å². The van der Waals surface area contributed by atoms with E-state index >= 15 is 0 Å². The van der Waals surface area contributed by atoms with E-state index in [-0.39, 0.29) is 18.7 Å². The number of aliphatic hydroxyl groups is 1. The number of nitrogens with one attached hydrogen (secondary N) is 2. The van der Waals surface area contributed by atoms with Gasteiger partial charge in [-0.25, -0.2) is 4.79 Å². The summed E-state index contributed by atoms with van der Waals surface area (Å²) in [6.07, 6.45) is 0.765. The highest BCUT2D eigenvalue weighted by Gasteiger charge is 2.08. The molecule has 0 aromatic heterocycles. The lowest BCUT2D eigenvalue weighted by atomic mass is 10.1. The van der Waals surface area contributed by atoms with Crippen LogP contribution < -0.4 is 15.4 Å². The third kappa shape index (κ3) is 5.59. The van der Waals surface area contributed by atoms with Gasteiger partial charge in [0.15, 0.2) is 0 Å². The maximum Gasteiger partial charge on any atom is 0.319 e. The van der Waals surface area contributed by atoms with Crippen molar-refractivity contribution in [1.82, 2.24) is 5.32 Å². The van der Waals surface area contributed by atoms with Crippen molar-refractivity contribution in [2.45, 2.75) is 33.0 Å². The SMILES string of the molecule is CC(C)Oc1ccccc1NC(=O)NCCc1ccc(CO)cc1. The number of benzene rings is 2. The van der Waals surface area contributed by atoms with Crippen molar-refractivity contribution in [3.63, 3.8) is 0 Å². The lowest BCUT2D eigenvalue weighted by Gasteiger charge is -2.15. The first-order chi connectivity index (χ1) is 11.6. The summed E-state index contributed by atoms with van der Waals surface area (Å²) >= 11 is 0. The summed E-state index contributed by atoms with van der Waals surface area (Å²) in [6.45, 7) is 4.45. The Labute approximate surface area is 142 Å². The van der Waals surface area contributed by atoms with Crippen LogP contribution in [-0.4, -0.2) is 23.8 Å². The molecule has 0 atom stereocenters. The third-order valence-corrected chi connectivity index (χ3v) is 3.40. The highest BCUT2D eigenvalue weighted by Crippen LogP contribution is 2.24. The number of rotatable bonds is 7. The van der Waals surface area contributed by atoms with Crippen molar-refractivity contribution in [1.29, 1.82) is 0 Å². The van der Waals surface area contributed by atoms with Crippen LogP contribution in [0.1, 0.15) is 25.0 Å². The Morgan fingerprint density at radius 1 is 1.08 bits per heavy atom. The Balaban J connectivity index is 1.83. The van der Waals surface area contributed by atoms with Crippen LogP contribution in [0.3, 0.4) is 0 Å². The van der Waals surface area contributed by atoms with E-state index < -0.39 is 0 Å². The largest absolute Gasteiger partial charge is 0.489 e. The van der Waals surface area contributed by atoms with Gasteiger partial charge in [0.05, 0.1) is 18.4 Å². The summed E-state index contributed by atoms with van der Waals surface area (Å²) in [5.74, 6) is 0.655. The number of ether oxygens (including phenoxy) is 1. The van der Waals surface area contributed by atoms with Crippen molar-refractivity contribution >= 4 is 11.7 Å². The van der Waals surface area contributed by atoms with Gasteiger partial charge in [0.2, 0.25) is 0 Å². The first kappa shape index (κ1) is 17.8. The van der Waals surface area contributed by atoms with Crippen LogP contribution in [0.5, 0.6) is 5.75 Å². The molecule has 0 radical (unpaired) electrons. The van der Waals surface area contributed by atoms with Gasteiger partial charge in [-0.05, 0) is 43.5 Å². The van der Waals surface area contributed by atoms with E-state index in [9.17, 15) is 4.79 Å². The molecule has 0 saturated heterocycles. The molecule has 0 aliphatic rings. The van der Waals surface area contributed by atoms with E-state index in [0.717, 1.165) is 17.5 Å². The summed E-state index contributed by atoms with van der Waals surface area (Å²) in [4.78, 5) is 12.0. The van der Waals surface area contributed by atoms with Crippen LogP contribution in [-0.2, 0) is 13.0 Å². The number of aliphatic hydroxyl groups excluding tert-OH is 1. The van der Waals surface area contributed by atoms with E-state index in [1.807, 2.05) is 62.4 Å². The highest BCUT2D eigenvalue weighted by atomic mass is 16.5. The summed E-state index contributed by atoms with van der Waals surface area (Å²) in [7, 11) is 0. The number of amides is 2. The minimum Gasteiger partial charge on any atom is -0.489 e. The van der Waals surface area contributed by atoms with Crippen LogP contribution in [0.25, 0.3) is 0 Å². The molecule has 24 heavy (non-hydrogen) atoms. The average molecular weight is 328 g/mol. The maximum atomic E-state index is 12.0. The molecule has 2 amide bonds. The van der Waals surface area contributed by atoms with Crippen LogP contribution in [0.4, 0.5) is 10.5 Å². The fourth-order valence-corrected chi connectivity index (χ4v) is 2.22. The Morgan fingerprint density at radius 3 is 2.42 bits per heavy atom. The van der Waals surface area contributed by atoms with Gasteiger partial charge in [-0.15, -0.1) is 0 Å². The zero-order chi connectivity index (χ0) is 17.4. The van der Waals surface area contributed by atoms with Crippen LogP contribution in [0, 0.1) is 0 Å². The first-order valence-electron chi connectivity index (χ1n) is 8.07. The first-order valence-corrected chi connectivity index (χ1v) is 8.07. The summed E-state index contributed by atoms with van der Waals surface area (Å²) in [5, 5.41) is 14.7. The molecule has 5 heteroatoms. The second-order valence-electron chi connectivity index (χ2n) is 5.77. The topological polar surface area (TPSA) is 70.6 Å². The monoisotopic (exact) mass is 328 g/mol. The molecule has 0 unspecified atom stereocenters. The number of carbonyl (C=O) groups is 1. The van der Waals surface area contributed by atoms with Gasteiger partial charge < -0.3 is 20.5 Å². The molecule has 5 nitrogen and oxygen atoms in total. The van der Waals surface area contributed by atoms with Crippen molar-refractivity contribution in [3.8, 4) is 5.75 Å². The Hall–Kier alpha value is -2.53. The maximum absolute atomic E-state index is 12.0. The third-order valence-electron chi connectivity index (χ3n) is 3.40. The molecule has 0 heterocycles. The summed E-state index contributed by atoms with van der Waals surface area (Å²) < 4.78 is 5.68. The molecular weight excluding hydrogens is 304 g/mol. The van der Waals surface area contributed by atoms with E-state index in [1.165, 1.54) is 0 Å². The van der Waals surface area contributed by atoms with Crippen LogP contribution >= 0.6 is 0 Å². The molecule has 2 aromatic carbocycles. The fraction of sp³-hybridized carbons (Fsp3) is 0.316. The molecule has 2 aromatic rings. The quantitative estimate of drug-likeness (QED) is 0.730. The number of anilines is 1. The predicted octanol–water partition coefficient (Wildman–Crippen LogP) is 3.33. The number of hydrogen-bond donors (Lipinski definition) is 3. The molecule has 3 N–H and O–H groups in total. The van der Waals surface area contributed by atoms with Gasteiger partial charge in [-0.2, -0.15) is 0 Å². The van der Waals surface area contributed by atoms with Gasteiger partial charge in [0, 0.05) is 6.54 Å². The molecule has 2 rings (SSSR count). The number of para-hydroxylation sites is 2. The minimum absolute atomic E-state index is 0.0397. The second-order valence-corrected chi connectivity index (χ2v) is 5.77. The molecule has 0 aliphatic carbocycles. The lowest BCUT2D eigenvalue weighted by molar-refractivity contribution is 0.241. The van der Waals surface area contributed by atoms with E-state index in [1.54, 1.807) is 0 Å². The van der Waals surface area contributed by atoms with Gasteiger partial charge in [0.1, 0.15) is 5.75 Å². The normalized spacial score (nSPS) is 10.5. The van der Waals surface area contributed by atoms with Crippen molar-refractivity contribution in [2.24, 2.45) is 0 Å². The van der Waals surface area contributed by atoms with E-state index in [4.69, 9.17) is 9.84 Å². The minimum atomic E-state index is -0.262. The molecular formula is C19H24N2O3. The smallest absolute Gasteiger partial charge is 0.319 e. The molecule has 0 aliphatic heterocycles. The van der Waals surface area contributed by atoms with Crippen LogP contribution in [0.15, 0.2) is 48.5 Å². The highest BCUT2D eigenvalue weighted by molar-refractivity contribution is 5.90. The Morgan fingerprint density at radius 2 is 1.75 bits per heavy atom. The number of hydrogen-bond acceptors (Lipinski definition) is 3. The molecule has 0 fully saturated rings. The molecule has 0 saturated carbocycles. The molecule has 128 valence electrons. The lowest BCUT2D eigenvalue weighted by Crippen LogP contribution is -2.30. The van der Waals surface area contributed by atoms with Gasteiger partial charge in [-0.1, -0.05) is 36.4 Å². The van der Waals surface area contributed by atoms with Crippen molar-refractivity contribution in [3.05, 3.63) is 59.7 Å². The van der Waals surface area contributed by atoms with Gasteiger partial charge in [0.25, 0.3) is 0 Å².